The van der Waals surface area contributed by atoms with Gasteiger partial charge in [0.2, 0.25) is 11.8 Å². The number of aromatic nitrogens is 1. The van der Waals surface area contributed by atoms with Crippen LogP contribution in [-0.4, -0.2) is 33.5 Å². The highest BCUT2D eigenvalue weighted by Crippen LogP contribution is 2.31. The Hall–Kier alpha value is -1.86. The number of rotatable bonds is 8. The third kappa shape index (κ3) is 5.57. The molecule has 0 saturated carbocycles. The number of nitrogens with zero attached hydrogens (tertiary/aromatic N) is 2. The van der Waals surface area contributed by atoms with E-state index in [2.05, 4.69) is 4.98 Å². The van der Waals surface area contributed by atoms with Gasteiger partial charge in [0.15, 0.2) is 4.34 Å². The Morgan fingerprint density at radius 3 is 2.60 bits per heavy atom. The van der Waals surface area contributed by atoms with E-state index in [-0.39, 0.29) is 23.5 Å². The summed E-state index contributed by atoms with van der Waals surface area (Å²) in [5.41, 5.74) is 7.18. The minimum atomic E-state index is -0.368. The van der Waals surface area contributed by atoms with Gasteiger partial charge < -0.3 is 10.6 Å². The highest BCUT2D eigenvalue weighted by molar-refractivity contribution is 8.02. The Morgan fingerprint density at radius 2 is 2.00 bits per heavy atom. The maximum Gasteiger partial charge on any atom is 0.236 e. The first-order chi connectivity index (χ1) is 11.9. The maximum absolute atomic E-state index is 12.8. The molecule has 0 aliphatic rings. The van der Waals surface area contributed by atoms with Crippen molar-refractivity contribution in [2.24, 2.45) is 5.73 Å². The molecular weight excluding hydrogens is 354 g/mol. The van der Waals surface area contributed by atoms with Crippen molar-refractivity contribution in [1.82, 2.24) is 9.88 Å². The molecule has 2 aromatic rings. The second-order valence-corrected chi connectivity index (χ2v) is 8.40. The van der Waals surface area contributed by atoms with Crippen molar-refractivity contribution in [2.75, 3.05) is 6.54 Å². The summed E-state index contributed by atoms with van der Waals surface area (Å²) in [5, 5.41) is -0.240. The fourth-order valence-corrected chi connectivity index (χ4v) is 4.85. The summed E-state index contributed by atoms with van der Waals surface area (Å²) in [6, 6.07) is 9.96. The van der Waals surface area contributed by atoms with Gasteiger partial charge in [-0.1, -0.05) is 42.1 Å². The topological polar surface area (TPSA) is 76.3 Å². The number of carbonyl (C=O) groups is 2. The molecule has 1 atom stereocenters. The van der Waals surface area contributed by atoms with E-state index in [0.717, 1.165) is 20.5 Å². The van der Waals surface area contributed by atoms with Crippen LogP contribution in [0.1, 0.15) is 30.0 Å². The van der Waals surface area contributed by atoms with Crippen LogP contribution in [0.3, 0.4) is 0 Å². The predicted molar refractivity (Wildman–Crippen MR) is 103 cm³/mol. The lowest BCUT2D eigenvalue weighted by Gasteiger charge is -2.24. The molecule has 5 nitrogen and oxygen atoms in total. The van der Waals surface area contributed by atoms with Crippen LogP contribution in [0, 0.1) is 6.92 Å². The molecule has 0 bridgehead atoms. The van der Waals surface area contributed by atoms with Crippen LogP contribution in [0.15, 0.2) is 34.7 Å². The second-order valence-electron chi connectivity index (χ2n) is 5.73. The van der Waals surface area contributed by atoms with Gasteiger partial charge in [-0.25, -0.2) is 4.98 Å². The van der Waals surface area contributed by atoms with Crippen molar-refractivity contribution in [3.05, 3.63) is 46.5 Å². The molecular formula is C18H23N3O2S2. The van der Waals surface area contributed by atoms with Crippen LogP contribution >= 0.6 is 23.1 Å². The predicted octanol–water partition coefficient (Wildman–Crippen LogP) is 3.01. The van der Waals surface area contributed by atoms with Gasteiger partial charge in [0.25, 0.3) is 0 Å². The largest absolute Gasteiger partial charge is 0.369 e. The molecule has 0 aliphatic heterocycles. The van der Waals surface area contributed by atoms with Gasteiger partial charge in [-0.2, -0.15) is 0 Å². The number of hydrogen-bond acceptors (Lipinski definition) is 5. The van der Waals surface area contributed by atoms with Gasteiger partial charge in [-0.3, -0.25) is 9.59 Å². The average Bonchev–Trinajstić information content (AvgIpc) is 2.91. The zero-order valence-corrected chi connectivity index (χ0v) is 16.3. The van der Waals surface area contributed by atoms with Crippen molar-refractivity contribution in [1.29, 1.82) is 0 Å². The van der Waals surface area contributed by atoms with Crippen LogP contribution < -0.4 is 5.73 Å². The van der Waals surface area contributed by atoms with Crippen molar-refractivity contribution in [2.45, 2.75) is 43.3 Å². The normalized spacial score (nSPS) is 12.0. The van der Waals surface area contributed by atoms with Gasteiger partial charge in [-0.05, 0) is 26.3 Å². The van der Waals surface area contributed by atoms with Crippen LogP contribution in [0.5, 0.6) is 0 Å². The molecule has 1 unspecified atom stereocenters. The summed E-state index contributed by atoms with van der Waals surface area (Å²) in [7, 11) is 0. The van der Waals surface area contributed by atoms with E-state index in [1.54, 1.807) is 0 Å². The van der Waals surface area contributed by atoms with Gasteiger partial charge >= 0.3 is 0 Å². The van der Waals surface area contributed by atoms with Gasteiger partial charge in [0, 0.05) is 18.0 Å². The van der Waals surface area contributed by atoms with Crippen LogP contribution in [0.2, 0.25) is 0 Å². The molecule has 0 aliphatic carbocycles. The van der Waals surface area contributed by atoms with Crippen molar-refractivity contribution in [3.63, 3.8) is 0 Å². The highest BCUT2D eigenvalue weighted by Gasteiger charge is 2.22. The highest BCUT2D eigenvalue weighted by atomic mass is 32.2. The second kappa shape index (κ2) is 9.01. The number of aryl methyl sites for hydroxylation is 1. The van der Waals surface area contributed by atoms with E-state index in [1.165, 1.54) is 23.1 Å². The number of primary amides is 1. The average molecular weight is 378 g/mol. The fraction of sp³-hybridized carbons (Fsp3) is 0.389. The number of benzene rings is 1. The SMILES string of the molecule is CCN(Cc1ccccc1)C(=O)C(C)Sc1nc(C)c(CC(N)=O)s1. The molecule has 2 rings (SSSR count). The molecule has 134 valence electrons. The zero-order valence-electron chi connectivity index (χ0n) is 14.7. The van der Waals surface area contributed by atoms with E-state index in [4.69, 9.17) is 5.73 Å². The summed E-state index contributed by atoms with van der Waals surface area (Å²) < 4.78 is 0.797. The Bertz CT molecular complexity index is 731. The molecule has 0 radical (unpaired) electrons. The number of amides is 2. The fourth-order valence-electron chi connectivity index (χ4n) is 2.38. The van der Waals surface area contributed by atoms with E-state index in [0.29, 0.717) is 13.1 Å². The van der Waals surface area contributed by atoms with E-state index in [9.17, 15) is 9.59 Å². The minimum Gasteiger partial charge on any atom is -0.369 e. The monoisotopic (exact) mass is 377 g/mol. The summed E-state index contributed by atoms with van der Waals surface area (Å²) >= 11 is 2.87. The molecule has 2 N–H and O–H groups in total. The Balaban J connectivity index is 2.02. The van der Waals surface area contributed by atoms with Crippen LogP contribution in [0.4, 0.5) is 0 Å². The zero-order chi connectivity index (χ0) is 18.4. The number of nitrogens with two attached hydrogens (primary N) is 1. The first-order valence-electron chi connectivity index (χ1n) is 8.14. The molecule has 0 fully saturated rings. The van der Waals surface area contributed by atoms with Crippen molar-refractivity contribution >= 4 is 34.9 Å². The number of hydrogen-bond donors (Lipinski definition) is 1. The summed E-state index contributed by atoms with van der Waals surface area (Å²) in [4.78, 5) is 31.0. The van der Waals surface area contributed by atoms with Gasteiger partial charge in [-0.15, -0.1) is 11.3 Å². The van der Waals surface area contributed by atoms with Gasteiger partial charge in [0.1, 0.15) is 0 Å². The molecule has 2 amide bonds. The van der Waals surface area contributed by atoms with Gasteiger partial charge in [0.05, 0.1) is 17.4 Å². The molecule has 0 saturated heterocycles. The Morgan fingerprint density at radius 1 is 1.32 bits per heavy atom. The van der Waals surface area contributed by atoms with Crippen LogP contribution in [-0.2, 0) is 22.6 Å². The number of carbonyl (C=O) groups excluding carboxylic acids is 2. The number of thiazole rings is 1. The van der Waals surface area contributed by atoms with Crippen molar-refractivity contribution < 1.29 is 9.59 Å². The van der Waals surface area contributed by atoms with E-state index in [1.807, 2.05) is 56.0 Å². The lowest BCUT2D eigenvalue weighted by Crippen LogP contribution is -2.35. The number of thioether (sulfide) groups is 1. The lowest BCUT2D eigenvalue weighted by atomic mass is 10.2. The summed E-state index contributed by atoms with van der Waals surface area (Å²) in [6.45, 7) is 6.99. The first kappa shape index (κ1) is 19.5. The summed E-state index contributed by atoms with van der Waals surface area (Å²) in [5.74, 6) is -0.284. The maximum atomic E-state index is 12.8. The molecule has 25 heavy (non-hydrogen) atoms. The molecule has 0 spiro atoms. The lowest BCUT2D eigenvalue weighted by molar-refractivity contribution is -0.130. The van der Waals surface area contributed by atoms with Crippen LogP contribution in [0.25, 0.3) is 0 Å². The molecule has 7 heteroatoms. The smallest absolute Gasteiger partial charge is 0.236 e. The third-order valence-corrected chi connectivity index (χ3v) is 6.08. The first-order valence-corrected chi connectivity index (χ1v) is 9.84. The molecule has 1 heterocycles. The molecule has 1 aromatic heterocycles. The summed E-state index contributed by atoms with van der Waals surface area (Å²) in [6.07, 6.45) is 0.196. The standard InChI is InChI=1S/C18H23N3O2S2/c1-4-21(11-14-8-6-5-7-9-14)17(23)13(3)24-18-20-12(2)15(25-18)10-16(19)22/h5-9,13H,4,10-11H2,1-3H3,(H2,19,22). The molecule has 1 aromatic carbocycles. The van der Waals surface area contributed by atoms with E-state index < -0.39 is 0 Å². The third-order valence-electron chi connectivity index (χ3n) is 3.74. The Labute approximate surface area is 156 Å². The minimum absolute atomic E-state index is 0.0839. The quantitative estimate of drug-likeness (QED) is 0.718. The van der Waals surface area contributed by atoms with E-state index >= 15 is 0 Å². The Kier molecular flexibility index (Phi) is 7.01. The van der Waals surface area contributed by atoms with Crippen molar-refractivity contribution in [3.8, 4) is 0 Å².